The number of aliphatic hydroxyl groups excluding tert-OH is 1. The normalized spacial score (nSPS) is 14.4. The van der Waals surface area contributed by atoms with Crippen molar-refractivity contribution in [2.75, 3.05) is 6.79 Å². The fraction of sp³-hybridized carbons (Fsp3) is 0.154. The van der Waals surface area contributed by atoms with Crippen LogP contribution in [0.3, 0.4) is 0 Å². The molecule has 2 heterocycles. The van der Waals surface area contributed by atoms with E-state index in [0.29, 0.717) is 17.1 Å². The first-order valence-electron chi connectivity index (χ1n) is 5.56. The van der Waals surface area contributed by atoms with E-state index >= 15 is 0 Å². The Morgan fingerprint density at radius 3 is 2.68 bits per heavy atom. The molecule has 0 aliphatic carbocycles. The summed E-state index contributed by atoms with van der Waals surface area (Å²) < 4.78 is 15.4. The molecule has 0 spiro atoms. The van der Waals surface area contributed by atoms with Crippen LogP contribution in [0, 0.1) is 0 Å². The summed E-state index contributed by atoms with van der Waals surface area (Å²) in [7, 11) is 0. The van der Waals surface area contributed by atoms with Crippen molar-refractivity contribution in [2.24, 2.45) is 0 Å². The van der Waals surface area contributed by atoms with Gasteiger partial charge < -0.3 is 24.1 Å². The van der Waals surface area contributed by atoms with Crippen LogP contribution in [0.2, 0.25) is 0 Å². The second-order valence-corrected chi connectivity index (χ2v) is 4.02. The second kappa shape index (κ2) is 4.33. The van der Waals surface area contributed by atoms with Crippen molar-refractivity contribution in [1.82, 2.24) is 0 Å². The number of aliphatic hydroxyl groups is 1. The minimum absolute atomic E-state index is 0.152. The van der Waals surface area contributed by atoms with Gasteiger partial charge in [-0.2, -0.15) is 0 Å². The molecule has 2 N–H and O–H groups in total. The van der Waals surface area contributed by atoms with Gasteiger partial charge in [0.25, 0.3) is 0 Å². The Balaban J connectivity index is 1.90. The number of fused-ring (bicyclic) bond motifs is 1. The van der Waals surface area contributed by atoms with E-state index in [1.54, 1.807) is 18.2 Å². The van der Waals surface area contributed by atoms with Crippen molar-refractivity contribution in [3.05, 3.63) is 47.4 Å². The maximum atomic E-state index is 10.7. The van der Waals surface area contributed by atoms with Gasteiger partial charge in [-0.3, -0.25) is 0 Å². The minimum atomic E-state index is -1.18. The summed E-state index contributed by atoms with van der Waals surface area (Å²) in [6, 6.07) is 7.71. The average molecular weight is 262 g/mol. The van der Waals surface area contributed by atoms with Crippen LogP contribution in [0.4, 0.5) is 0 Å². The highest BCUT2D eigenvalue weighted by Gasteiger charge is 2.20. The quantitative estimate of drug-likeness (QED) is 0.876. The van der Waals surface area contributed by atoms with E-state index in [1.165, 1.54) is 12.1 Å². The molecule has 1 atom stereocenters. The van der Waals surface area contributed by atoms with Gasteiger partial charge in [0.1, 0.15) is 11.9 Å². The third-order valence-electron chi connectivity index (χ3n) is 2.82. The van der Waals surface area contributed by atoms with Crippen molar-refractivity contribution in [3.63, 3.8) is 0 Å². The molecule has 6 nitrogen and oxygen atoms in total. The third kappa shape index (κ3) is 2.02. The van der Waals surface area contributed by atoms with Crippen molar-refractivity contribution in [1.29, 1.82) is 0 Å². The first-order valence-corrected chi connectivity index (χ1v) is 5.56. The van der Waals surface area contributed by atoms with Gasteiger partial charge in [0.2, 0.25) is 12.6 Å². The summed E-state index contributed by atoms with van der Waals surface area (Å²) in [5.41, 5.74) is 0.538. The van der Waals surface area contributed by atoms with Crippen LogP contribution in [0.1, 0.15) is 28.0 Å². The van der Waals surface area contributed by atoms with Crippen LogP contribution in [0.25, 0.3) is 0 Å². The summed E-state index contributed by atoms with van der Waals surface area (Å²) in [4.78, 5) is 10.7. The SMILES string of the molecule is O=C(O)c1ccc(C(O)c2ccc3c(c2)OCO3)o1. The second-order valence-electron chi connectivity index (χ2n) is 4.02. The lowest BCUT2D eigenvalue weighted by atomic mass is 10.1. The van der Waals surface area contributed by atoms with E-state index in [2.05, 4.69) is 0 Å². The van der Waals surface area contributed by atoms with E-state index in [4.69, 9.17) is 19.0 Å². The number of hydrogen-bond acceptors (Lipinski definition) is 5. The van der Waals surface area contributed by atoms with Crippen LogP contribution in [0.5, 0.6) is 11.5 Å². The highest BCUT2D eigenvalue weighted by atomic mass is 16.7. The van der Waals surface area contributed by atoms with Gasteiger partial charge in [-0.15, -0.1) is 0 Å². The minimum Gasteiger partial charge on any atom is -0.475 e. The van der Waals surface area contributed by atoms with Crippen LogP contribution in [-0.2, 0) is 0 Å². The molecule has 0 saturated carbocycles. The first-order chi connectivity index (χ1) is 9.15. The maximum Gasteiger partial charge on any atom is 0.371 e. The zero-order chi connectivity index (χ0) is 13.4. The third-order valence-corrected chi connectivity index (χ3v) is 2.82. The molecule has 1 unspecified atom stereocenters. The first kappa shape index (κ1) is 11.6. The van der Waals surface area contributed by atoms with Gasteiger partial charge in [0.05, 0.1) is 0 Å². The summed E-state index contributed by atoms with van der Waals surface area (Å²) in [5, 5.41) is 18.9. The van der Waals surface area contributed by atoms with E-state index < -0.39 is 12.1 Å². The maximum absolute atomic E-state index is 10.7. The van der Waals surface area contributed by atoms with E-state index in [1.807, 2.05) is 0 Å². The van der Waals surface area contributed by atoms with E-state index in [9.17, 15) is 9.90 Å². The van der Waals surface area contributed by atoms with Crippen molar-refractivity contribution >= 4 is 5.97 Å². The Hall–Kier alpha value is -2.47. The number of hydrogen-bond donors (Lipinski definition) is 2. The summed E-state index contributed by atoms with van der Waals surface area (Å²) in [5.74, 6) is -0.0709. The molecule has 0 fully saturated rings. The van der Waals surface area contributed by atoms with E-state index in [-0.39, 0.29) is 18.3 Å². The Kier molecular flexibility index (Phi) is 2.64. The predicted molar refractivity (Wildman–Crippen MR) is 62.3 cm³/mol. The number of benzene rings is 1. The molecule has 0 bridgehead atoms. The molecule has 1 aliphatic rings. The molecule has 19 heavy (non-hydrogen) atoms. The fourth-order valence-corrected chi connectivity index (χ4v) is 1.86. The molecule has 98 valence electrons. The molecule has 0 saturated heterocycles. The van der Waals surface area contributed by atoms with Gasteiger partial charge >= 0.3 is 5.97 Å². The fourth-order valence-electron chi connectivity index (χ4n) is 1.86. The summed E-state index contributed by atoms with van der Waals surface area (Å²) >= 11 is 0. The number of carboxylic acid groups (broad SMARTS) is 1. The molecule has 6 heteroatoms. The number of carbonyl (C=O) groups is 1. The Morgan fingerprint density at radius 1 is 1.16 bits per heavy atom. The number of aromatic carboxylic acids is 1. The van der Waals surface area contributed by atoms with Crippen LogP contribution in [-0.4, -0.2) is 23.0 Å². The topological polar surface area (TPSA) is 89.1 Å². The largest absolute Gasteiger partial charge is 0.475 e. The Labute approximate surface area is 107 Å². The highest BCUT2D eigenvalue weighted by molar-refractivity contribution is 5.84. The molecule has 0 amide bonds. The van der Waals surface area contributed by atoms with Gasteiger partial charge in [0.15, 0.2) is 11.5 Å². The standard InChI is InChI=1S/C13H10O6/c14-12(9-3-4-10(19-9)13(15)16)7-1-2-8-11(5-7)18-6-17-8/h1-5,12,14H,6H2,(H,15,16). The van der Waals surface area contributed by atoms with Crippen molar-refractivity contribution < 1.29 is 28.9 Å². The number of rotatable bonds is 3. The average Bonchev–Trinajstić information content (AvgIpc) is 3.06. The van der Waals surface area contributed by atoms with Crippen LogP contribution >= 0.6 is 0 Å². The molecule has 2 aromatic rings. The molecule has 0 radical (unpaired) electrons. The Bertz CT molecular complexity index is 630. The monoisotopic (exact) mass is 262 g/mol. The zero-order valence-electron chi connectivity index (χ0n) is 9.70. The molecule has 1 aromatic heterocycles. The van der Waals surface area contributed by atoms with E-state index in [0.717, 1.165) is 0 Å². The lowest BCUT2D eigenvalue weighted by molar-refractivity contribution is 0.0655. The van der Waals surface area contributed by atoms with Gasteiger partial charge in [-0.25, -0.2) is 4.79 Å². The number of furan rings is 1. The summed E-state index contributed by atoms with van der Waals surface area (Å²) in [6.45, 7) is 0.152. The van der Waals surface area contributed by atoms with Crippen molar-refractivity contribution in [2.45, 2.75) is 6.10 Å². The number of carboxylic acids is 1. The number of ether oxygens (including phenoxy) is 2. The lowest BCUT2D eigenvalue weighted by Gasteiger charge is -2.08. The zero-order valence-corrected chi connectivity index (χ0v) is 9.70. The molecule has 1 aromatic carbocycles. The Morgan fingerprint density at radius 2 is 1.95 bits per heavy atom. The van der Waals surface area contributed by atoms with Crippen molar-refractivity contribution in [3.8, 4) is 11.5 Å². The van der Waals surface area contributed by atoms with Gasteiger partial charge in [0, 0.05) is 0 Å². The highest BCUT2D eigenvalue weighted by Crippen LogP contribution is 2.35. The molecule has 3 rings (SSSR count). The molecular formula is C13H10O6. The van der Waals surface area contributed by atoms with Crippen LogP contribution in [0.15, 0.2) is 34.7 Å². The predicted octanol–water partition coefficient (Wildman–Crippen LogP) is 1.79. The molecule has 1 aliphatic heterocycles. The van der Waals surface area contributed by atoms with Gasteiger partial charge in [-0.1, -0.05) is 6.07 Å². The summed E-state index contributed by atoms with van der Waals surface area (Å²) in [6.07, 6.45) is -1.05. The van der Waals surface area contributed by atoms with Gasteiger partial charge in [-0.05, 0) is 29.8 Å². The molecular weight excluding hydrogens is 252 g/mol. The smallest absolute Gasteiger partial charge is 0.371 e. The lowest BCUT2D eigenvalue weighted by Crippen LogP contribution is -1.98. The van der Waals surface area contributed by atoms with Crippen LogP contribution < -0.4 is 9.47 Å².